The van der Waals surface area contributed by atoms with Gasteiger partial charge in [0.2, 0.25) is 5.75 Å². The molecule has 7 heteroatoms. The molecule has 4 rings (SSSR count). The van der Waals surface area contributed by atoms with Gasteiger partial charge in [-0.2, -0.15) is 0 Å². The first-order valence-electron chi connectivity index (χ1n) is 10.1. The smallest absolute Gasteiger partial charge is 0.339 e. The molecule has 0 bridgehead atoms. The van der Waals surface area contributed by atoms with Gasteiger partial charge in [0.25, 0.3) is 0 Å². The summed E-state index contributed by atoms with van der Waals surface area (Å²) in [5, 5.41) is 21.2. The number of nitro benzene ring substituents is 1. The van der Waals surface area contributed by atoms with E-state index in [9.17, 15) is 20.0 Å². The molecule has 0 aliphatic carbocycles. The standard InChI is InChI=1S/C26H19NO6/c28-26(29)22-13-12-21(16-25(22)32-17-18-7-3-1-4-8-18)33-24-14-11-20(15-23(24)27(30)31)19-9-5-2-6-10-19/h1-16H,17H2,(H,28,29). The molecular weight excluding hydrogens is 422 g/mol. The molecule has 0 aromatic heterocycles. The highest BCUT2D eigenvalue weighted by Gasteiger charge is 2.19. The van der Waals surface area contributed by atoms with Crippen molar-refractivity contribution in [3.05, 3.63) is 118 Å². The maximum Gasteiger partial charge on any atom is 0.339 e. The molecule has 164 valence electrons. The van der Waals surface area contributed by atoms with E-state index in [4.69, 9.17) is 9.47 Å². The molecular formula is C26H19NO6. The Bertz CT molecular complexity index is 1290. The number of nitrogens with zero attached hydrogens (tertiary/aromatic N) is 1. The molecule has 33 heavy (non-hydrogen) atoms. The van der Waals surface area contributed by atoms with E-state index < -0.39 is 10.9 Å². The second-order valence-corrected chi connectivity index (χ2v) is 7.15. The average molecular weight is 441 g/mol. The van der Waals surface area contributed by atoms with Gasteiger partial charge in [0.15, 0.2) is 0 Å². The van der Waals surface area contributed by atoms with Crippen LogP contribution in [0.3, 0.4) is 0 Å². The summed E-state index contributed by atoms with van der Waals surface area (Å²) in [5.41, 5.74) is 2.15. The second-order valence-electron chi connectivity index (χ2n) is 7.15. The Balaban J connectivity index is 1.63. The minimum Gasteiger partial charge on any atom is -0.488 e. The molecule has 0 heterocycles. The Kier molecular flexibility index (Phi) is 6.31. The van der Waals surface area contributed by atoms with Gasteiger partial charge in [-0.25, -0.2) is 4.79 Å². The lowest BCUT2D eigenvalue weighted by molar-refractivity contribution is -0.385. The van der Waals surface area contributed by atoms with Crippen molar-refractivity contribution < 1.29 is 24.3 Å². The summed E-state index contributed by atoms with van der Waals surface area (Å²) in [6.07, 6.45) is 0. The second kappa shape index (κ2) is 9.65. The lowest BCUT2D eigenvalue weighted by atomic mass is 10.0. The van der Waals surface area contributed by atoms with E-state index in [0.29, 0.717) is 5.56 Å². The lowest BCUT2D eigenvalue weighted by Gasteiger charge is -2.13. The molecule has 0 aliphatic rings. The third-order valence-electron chi connectivity index (χ3n) is 4.91. The molecule has 0 spiro atoms. The van der Waals surface area contributed by atoms with E-state index in [1.54, 1.807) is 6.07 Å². The minimum atomic E-state index is -1.15. The molecule has 0 aliphatic heterocycles. The Labute approximate surface area is 189 Å². The summed E-state index contributed by atoms with van der Waals surface area (Å²) in [7, 11) is 0. The zero-order valence-electron chi connectivity index (χ0n) is 17.4. The third kappa shape index (κ3) is 5.16. The van der Waals surface area contributed by atoms with Crippen molar-refractivity contribution in [2.24, 2.45) is 0 Å². The van der Waals surface area contributed by atoms with Crippen LogP contribution in [0.5, 0.6) is 17.2 Å². The molecule has 1 N–H and O–H groups in total. The van der Waals surface area contributed by atoms with Crippen molar-refractivity contribution in [3.63, 3.8) is 0 Å². The quantitative estimate of drug-likeness (QED) is 0.253. The first kappa shape index (κ1) is 21.6. The number of aromatic carboxylic acids is 1. The molecule has 0 unspecified atom stereocenters. The van der Waals surface area contributed by atoms with Gasteiger partial charge in [-0.05, 0) is 34.9 Å². The molecule has 4 aromatic carbocycles. The molecule has 7 nitrogen and oxygen atoms in total. The van der Waals surface area contributed by atoms with Gasteiger partial charge < -0.3 is 14.6 Å². The van der Waals surface area contributed by atoms with Gasteiger partial charge in [0.05, 0.1) is 4.92 Å². The van der Waals surface area contributed by atoms with Gasteiger partial charge in [-0.3, -0.25) is 10.1 Å². The van der Waals surface area contributed by atoms with E-state index in [0.717, 1.165) is 11.1 Å². The number of hydrogen-bond acceptors (Lipinski definition) is 5. The molecule has 4 aromatic rings. The number of carbonyl (C=O) groups is 1. The van der Waals surface area contributed by atoms with E-state index in [2.05, 4.69) is 0 Å². The Hall–Kier alpha value is -4.65. The SMILES string of the molecule is O=C(O)c1ccc(Oc2ccc(-c3ccccc3)cc2[N+](=O)[O-])cc1OCc1ccccc1. The van der Waals surface area contributed by atoms with Crippen LogP contribution in [0.1, 0.15) is 15.9 Å². The van der Waals surface area contributed by atoms with Crippen LogP contribution in [-0.4, -0.2) is 16.0 Å². The summed E-state index contributed by atoms with van der Waals surface area (Å²) in [4.78, 5) is 22.8. The molecule has 0 saturated carbocycles. The van der Waals surface area contributed by atoms with Crippen molar-refractivity contribution in [1.82, 2.24) is 0 Å². The normalized spacial score (nSPS) is 10.4. The first-order chi connectivity index (χ1) is 16.0. The van der Waals surface area contributed by atoms with Gasteiger partial charge in [0, 0.05) is 12.1 Å². The van der Waals surface area contributed by atoms with Crippen molar-refractivity contribution in [2.45, 2.75) is 6.61 Å². The van der Waals surface area contributed by atoms with Gasteiger partial charge in [-0.1, -0.05) is 66.7 Å². The fourth-order valence-corrected chi connectivity index (χ4v) is 3.28. The van der Waals surface area contributed by atoms with E-state index in [1.165, 1.54) is 30.3 Å². The van der Waals surface area contributed by atoms with Crippen LogP contribution in [0.15, 0.2) is 97.1 Å². The highest BCUT2D eigenvalue weighted by molar-refractivity contribution is 5.91. The zero-order valence-corrected chi connectivity index (χ0v) is 17.4. The van der Waals surface area contributed by atoms with Crippen molar-refractivity contribution in [2.75, 3.05) is 0 Å². The Morgan fingerprint density at radius 3 is 2.18 bits per heavy atom. The van der Waals surface area contributed by atoms with E-state index in [-0.39, 0.29) is 35.1 Å². The highest BCUT2D eigenvalue weighted by Crippen LogP contribution is 2.37. The van der Waals surface area contributed by atoms with Gasteiger partial charge >= 0.3 is 11.7 Å². The molecule has 0 radical (unpaired) electrons. The van der Waals surface area contributed by atoms with Crippen molar-refractivity contribution >= 4 is 11.7 Å². The van der Waals surface area contributed by atoms with Crippen LogP contribution >= 0.6 is 0 Å². The van der Waals surface area contributed by atoms with Gasteiger partial charge in [0.1, 0.15) is 23.7 Å². The molecule has 0 saturated heterocycles. The summed E-state index contributed by atoms with van der Waals surface area (Å²) in [5.74, 6) is -0.786. The fraction of sp³-hybridized carbons (Fsp3) is 0.0385. The summed E-state index contributed by atoms with van der Waals surface area (Å²) in [6.45, 7) is 0.163. The summed E-state index contributed by atoms with van der Waals surface area (Å²) in [6, 6.07) is 27.5. The van der Waals surface area contributed by atoms with Gasteiger partial charge in [-0.15, -0.1) is 0 Å². The monoisotopic (exact) mass is 441 g/mol. The summed E-state index contributed by atoms with van der Waals surface area (Å²) < 4.78 is 11.5. The Morgan fingerprint density at radius 1 is 0.818 bits per heavy atom. The number of hydrogen-bond donors (Lipinski definition) is 1. The third-order valence-corrected chi connectivity index (χ3v) is 4.91. The predicted octanol–water partition coefficient (Wildman–Crippen LogP) is 6.33. The number of carboxylic acids is 1. The van der Waals surface area contributed by atoms with Crippen LogP contribution < -0.4 is 9.47 Å². The Morgan fingerprint density at radius 2 is 1.52 bits per heavy atom. The molecule has 0 amide bonds. The average Bonchev–Trinajstić information content (AvgIpc) is 2.84. The van der Waals surface area contributed by atoms with Crippen LogP contribution in [0.2, 0.25) is 0 Å². The van der Waals surface area contributed by atoms with Crippen LogP contribution in [-0.2, 0) is 6.61 Å². The number of rotatable bonds is 8. The fourth-order valence-electron chi connectivity index (χ4n) is 3.28. The zero-order chi connectivity index (χ0) is 23.2. The van der Waals surface area contributed by atoms with Crippen LogP contribution in [0, 0.1) is 10.1 Å². The first-order valence-corrected chi connectivity index (χ1v) is 10.1. The van der Waals surface area contributed by atoms with E-state index >= 15 is 0 Å². The lowest BCUT2D eigenvalue weighted by Crippen LogP contribution is -2.04. The maximum atomic E-state index is 11.7. The predicted molar refractivity (Wildman–Crippen MR) is 123 cm³/mol. The molecule has 0 fully saturated rings. The van der Waals surface area contributed by atoms with E-state index in [1.807, 2.05) is 60.7 Å². The van der Waals surface area contributed by atoms with Crippen molar-refractivity contribution in [1.29, 1.82) is 0 Å². The maximum absolute atomic E-state index is 11.7. The highest BCUT2D eigenvalue weighted by atomic mass is 16.6. The molecule has 0 atom stereocenters. The van der Waals surface area contributed by atoms with Crippen LogP contribution in [0.25, 0.3) is 11.1 Å². The summed E-state index contributed by atoms with van der Waals surface area (Å²) >= 11 is 0. The largest absolute Gasteiger partial charge is 0.488 e. The minimum absolute atomic E-state index is 0.0350. The van der Waals surface area contributed by atoms with Crippen LogP contribution in [0.4, 0.5) is 5.69 Å². The van der Waals surface area contributed by atoms with Crippen molar-refractivity contribution in [3.8, 4) is 28.4 Å². The number of nitro groups is 1. The topological polar surface area (TPSA) is 98.9 Å². The number of carboxylic acid groups (broad SMARTS) is 1. The number of ether oxygens (including phenoxy) is 2. The number of benzene rings is 4.